The van der Waals surface area contributed by atoms with Crippen LogP contribution in [-0.2, 0) is 9.53 Å². The number of methoxy groups -OCH3 is 1. The SMILES string of the molecule is CCOC(=O)C[C@@H](N)c1cc(OC)ccc1O. The number of benzene rings is 1. The number of rotatable bonds is 5. The predicted molar refractivity (Wildman–Crippen MR) is 62.8 cm³/mol. The van der Waals surface area contributed by atoms with E-state index in [4.69, 9.17) is 15.2 Å². The lowest BCUT2D eigenvalue weighted by molar-refractivity contribution is -0.143. The number of carbonyl (C=O) groups is 1. The number of hydrogen-bond acceptors (Lipinski definition) is 5. The fraction of sp³-hybridized carbons (Fsp3) is 0.417. The van der Waals surface area contributed by atoms with Gasteiger partial charge in [-0.2, -0.15) is 0 Å². The zero-order valence-corrected chi connectivity index (χ0v) is 9.97. The Bertz CT molecular complexity index is 392. The minimum atomic E-state index is -0.607. The molecule has 0 heterocycles. The number of aromatic hydroxyl groups is 1. The quantitative estimate of drug-likeness (QED) is 0.758. The molecule has 0 aliphatic heterocycles. The van der Waals surface area contributed by atoms with Crippen molar-refractivity contribution in [2.75, 3.05) is 13.7 Å². The lowest BCUT2D eigenvalue weighted by Gasteiger charge is -2.14. The van der Waals surface area contributed by atoms with Gasteiger partial charge in [0.15, 0.2) is 0 Å². The lowest BCUT2D eigenvalue weighted by atomic mass is 10.0. The monoisotopic (exact) mass is 239 g/mol. The number of carbonyl (C=O) groups excluding carboxylic acids is 1. The van der Waals surface area contributed by atoms with Crippen LogP contribution in [0, 0.1) is 0 Å². The zero-order chi connectivity index (χ0) is 12.8. The largest absolute Gasteiger partial charge is 0.508 e. The summed E-state index contributed by atoms with van der Waals surface area (Å²) in [6.07, 6.45) is 0.0224. The van der Waals surface area contributed by atoms with Crippen molar-refractivity contribution >= 4 is 5.97 Å². The van der Waals surface area contributed by atoms with Crippen molar-refractivity contribution in [2.24, 2.45) is 5.73 Å². The first kappa shape index (κ1) is 13.3. The Morgan fingerprint density at radius 3 is 2.82 bits per heavy atom. The first-order valence-corrected chi connectivity index (χ1v) is 5.36. The Morgan fingerprint density at radius 2 is 2.24 bits per heavy atom. The van der Waals surface area contributed by atoms with E-state index in [1.54, 1.807) is 19.1 Å². The number of phenols is 1. The molecule has 3 N–H and O–H groups in total. The third-order valence-electron chi connectivity index (χ3n) is 2.33. The number of esters is 1. The fourth-order valence-electron chi connectivity index (χ4n) is 1.47. The Hall–Kier alpha value is -1.75. The molecule has 0 saturated heterocycles. The van der Waals surface area contributed by atoms with E-state index >= 15 is 0 Å². The van der Waals surface area contributed by atoms with E-state index in [-0.39, 0.29) is 18.1 Å². The number of phenolic OH excluding ortho intramolecular Hbond substituents is 1. The third kappa shape index (κ3) is 3.64. The zero-order valence-electron chi connectivity index (χ0n) is 9.97. The van der Waals surface area contributed by atoms with Gasteiger partial charge in [0.25, 0.3) is 0 Å². The molecule has 0 aliphatic rings. The topological polar surface area (TPSA) is 81.8 Å². The van der Waals surface area contributed by atoms with Crippen molar-refractivity contribution in [3.8, 4) is 11.5 Å². The first-order valence-electron chi connectivity index (χ1n) is 5.36. The van der Waals surface area contributed by atoms with Crippen LogP contribution in [0.5, 0.6) is 11.5 Å². The Balaban J connectivity index is 2.80. The van der Waals surface area contributed by atoms with Crippen LogP contribution in [0.4, 0.5) is 0 Å². The maximum atomic E-state index is 11.3. The van der Waals surface area contributed by atoms with Crippen LogP contribution in [0.25, 0.3) is 0 Å². The summed E-state index contributed by atoms with van der Waals surface area (Å²) in [5.74, 6) is 0.238. The van der Waals surface area contributed by atoms with E-state index in [0.717, 1.165) is 0 Å². The molecular formula is C12H17NO4. The standard InChI is InChI=1S/C12H17NO4/c1-3-17-12(15)7-10(13)9-6-8(16-2)4-5-11(9)14/h4-6,10,14H,3,7,13H2,1-2H3/t10-/m1/s1. The highest BCUT2D eigenvalue weighted by atomic mass is 16.5. The minimum Gasteiger partial charge on any atom is -0.508 e. The van der Waals surface area contributed by atoms with Crippen LogP contribution in [0.2, 0.25) is 0 Å². The molecule has 1 aromatic rings. The summed E-state index contributed by atoms with van der Waals surface area (Å²) < 4.78 is 9.83. The second kappa shape index (κ2) is 6.10. The second-order valence-electron chi connectivity index (χ2n) is 3.54. The Morgan fingerprint density at radius 1 is 1.53 bits per heavy atom. The van der Waals surface area contributed by atoms with E-state index in [2.05, 4.69) is 0 Å². The van der Waals surface area contributed by atoms with E-state index in [1.807, 2.05) is 0 Å². The van der Waals surface area contributed by atoms with E-state index in [9.17, 15) is 9.90 Å². The van der Waals surface area contributed by atoms with Crippen molar-refractivity contribution in [1.82, 2.24) is 0 Å². The Labute approximate surface area is 100 Å². The maximum absolute atomic E-state index is 11.3. The van der Waals surface area contributed by atoms with Crippen LogP contribution in [0.1, 0.15) is 24.9 Å². The van der Waals surface area contributed by atoms with Gasteiger partial charge in [-0.15, -0.1) is 0 Å². The molecule has 17 heavy (non-hydrogen) atoms. The molecule has 0 bridgehead atoms. The highest BCUT2D eigenvalue weighted by molar-refractivity contribution is 5.70. The van der Waals surface area contributed by atoms with Gasteiger partial charge in [0.05, 0.1) is 20.1 Å². The maximum Gasteiger partial charge on any atom is 0.307 e. The van der Waals surface area contributed by atoms with Crippen LogP contribution in [0.15, 0.2) is 18.2 Å². The van der Waals surface area contributed by atoms with Crippen molar-refractivity contribution in [2.45, 2.75) is 19.4 Å². The summed E-state index contributed by atoms with van der Waals surface area (Å²) in [4.78, 5) is 11.3. The first-order chi connectivity index (χ1) is 8.08. The van der Waals surface area contributed by atoms with Crippen LogP contribution < -0.4 is 10.5 Å². The van der Waals surface area contributed by atoms with Crippen molar-refractivity contribution in [3.63, 3.8) is 0 Å². The fourth-order valence-corrected chi connectivity index (χ4v) is 1.47. The average Bonchev–Trinajstić information content (AvgIpc) is 2.29. The van der Waals surface area contributed by atoms with Gasteiger partial charge in [-0.05, 0) is 25.1 Å². The van der Waals surface area contributed by atoms with Gasteiger partial charge in [0.1, 0.15) is 11.5 Å². The molecule has 0 radical (unpaired) electrons. The number of nitrogens with two attached hydrogens (primary N) is 1. The van der Waals surface area contributed by atoms with Gasteiger partial charge in [0.2, 0.25) is 0 Å². The molecule has 1 aromatic carbocycles. The molecule has 5 heteroatoms. The molecule has 0 unspecified atom stereocenters. The molecule has 94 valence electrons. The molecular weight excluding hydrogens is 222 g/mol. The normalized spacial score (nSPS) is 11.9. The minimum absolute atomic E-state index is 0.0224. The highest BCUT2D eigenvalue weighted by Gasteiger charge is 2.16. The van der Waals surface area contributed by atoms with Gasteiger partial charge in [0, 0.05) is 11.6 Å². The molecule has 1 rings (SSSR count). The molecule has 0 saturated carbocycles. The van der Waals surface area contributed by atoms with Crippen molar-refractivity contribution in [1.29, 1.82) is 0 Å². The van der Waals surface area contributed by atoms with Gasteiger partial charge < -0.3 is 20.3 Å². The highest BCUT2D eigenvalue weighted by Crippen LogP contribution is 2.28. The van der Waals surface area contributed by atoms with E-state index in [1.165, 1.54) is 13.2 Å². The van der Waals surface area contributed by atoms with Crippen molar-refractivity contribution in [3.05, 3.63) is 23.8 Å². The molecule has 1 atom stereocenters. The summed E-state index contributed by atoms with van der Waals surface area (Å²) in [7, 11) is 1.52. The summed E-state index contributed by atoms with van der Waals surface area (Å²) in [6.45, 7) is 2.04. The smallest absolute Gasteiger partial charge is 0.307 e. The van der Waals surface area contributed by atoms with Gasteiger partial charge in [-0.25, -0.2) is 0 Å². The van der Waals surface area contributed by atoms with E-state index < -0.39 is 6.04 Å². The van der Waals surface area contributed by atoms with Crippen molar-refractivity contribution < 1.29 is 19.4 Å². The lowest BCUT2D eigenvalue weighted by Crippen LogP contribution is -2.17. The predicted octanol–water partition coefficient (Wildman–Crippen LogP) is 1.35. The summed E-state index contributed by atoms with van der Waals surface area (Å²) in [5.41, 5.74) is 6.30. The molecule has 5 nitrogen and oxygen atoms in total. The molecule has 0 spiro atoms. The van der Waals surface area contributed by atoms with Crippen LogP contribution >= 0.6 is 0 Å². The third-order valence-corrected chi connectivity index (χ3v) is 2.33. The van der Waals surface area contributed by atoms with Gasteiger partial charge in [-0.1, -0.05) is 0 Å². The second-order valence-corrected chi connectivity index (χ2v) is 3.54. The van der Waals surface area contributed by atoms with Crippen LogP contribution in [-0.4, -0.2) is 24.8 Å². The average molecular weight is 239 g/mol. The number of ether oxygens (including phenoxy) is 2. The molecule has 0 fully saturated rings. The van der Waals surface area contributed by atoms with Gasteiger partial charge >= 0.3 is 5.97 Å². The summed E-state index contributed by atoms with van der Waals surface area (Å²) >= 11 is 0. The van der Waals surface area contributed by atoms with E-state index in [0.29, 0.717) is 17.9 Å². The number of hydrogen-bond donors (Lipinski definition) is 2. The summed E-state index contributed by atoms with van der Waals surface area (Å²) in [5, 5.41) is 9.66. The molecule has 0 aromatic heterocycles. The van der Waals surface area contributed by atoms with Crippen LogP contribution in [0.3, 0.4) is 0 Å². The summed E-state index contributed by atoms with van der Waals surface area (Å²) in [6, 6.07) is 4.11. The molecule has 0 amide bonds. The Kier molecular flexibility index (Phi) is 4.78. The molecule has 0 aliphatic carbocycles. The van der Waals surface area contributed by atoms with Gasteiger partial charge in [-0.3, -0.25) is 4.79 Å².